The van der Waals surface area contributed by atoms with Crippen molar-refractivity contribution < 1.29 is 5.11 Å². The van der Waals surface area contributed by atoms with Crippen LogP contribution in [0.5, 0.6) is 0 Å². The van der Waals surface area contributed by atoms with Crippen LogP contribution in [-0.4, -0.2) is 44.4 Å². The van der Waals surface area contributed by atoms with Crippen LogP contribution in [0, 0.1) is 0 Å². The first-order chi connectivity index (χ1) is 6.27. The summed E-state index contributed by atoms with van der Waals surface area (Å²) in [5.41, 5.74) is 0. The van der Waals surface area contributed by atoms with Crippen LogP contribution in [0.3, 0.4) is 0 Å². The summed E-state index contributed by atoms with van der Waals surface area (Å²) in [6, 6.07) is 0. The lowest BCUT2D eigenvalue weighted by atomic mass is 10.2. The molecule has 1 aromatic heterocycles. The smallest absolute Gasteiger partial charge is 0.162 e. The Labute approximate surface area is 77.0 Å². The van der Waals surface area contributed by atoms with Crippen molar-refractivity contribution in [2.45, 2.75) is 12.5 Å². The predicted octanol–water partition coefficient (Wildman–Crippen LogP) is -0.446. The number of aromatic nitrogens is 3. The quantitative estimate of drug-likeness (QED) is 0.688. The molecule has 1 aliphatic rings. The van der Waals surface area contributed by atoms with E-state index in [1.54, 1.807) is 10.9 Å². The normalized spacial score (nSPS) is 19.8. The van der Waals surface area contributed by atoms with Gasteiger partial charge in [0.2, 0.25) is 0 Å². The highest BCUT2D eigenvalue weighted by Crippen LogP contribution is 2.14. The lowest BCUT2D eigenvalue weighted by Crippen LogP contribution is -2.40. The zero-order valence-corrected chi connectivity index (χ0v) is 7.72. The summed E-state index contributed by atoms with van der Waals surface area (Å²) in [7, 11) is 1.84. The molecule has 1 fully saturated rings. The average Bonchev–Trinajstić information content (AvgIpc) is 2.43. The Bertz CT molecular complexity index is 281. The topological polar surface area (TPSA) is 54.2 Å². The van der Waals surface area contributed by atoms with E-state index in [1.165, 1.54) is 6.42 Å². The molecule has 13 heavy (non-hydrogen) atoms. The van der Waals surface area contributed by atoms with Crippen LogP contribution >= 0.6 is 0 Å². The molecular weight excluding hydrogens is 168 g/mol. The third-order valence-corrected chi connectivity index (χ3v) is 2.42. The molecule has 1 aromatic rings. The molecule has 5 heteroatoms. The number of aliphatic hydroxyl groups is 1. The molecule has 0 bridgehead atoms. The maximum Gasteiger partial charge on any atom is 0.162 e. The summed E-state index contributed by atoms with van der Waals surface area (Å²) in [5.74, 6) is 0.645. The van der Waals surface area contributed by atoms with Gasteiger partial charge < -0.3 is 14.6 Å². The summed E-state index contributed by atoms with van der Waals surface area (Å²) >= 11 is 0. The second kappa shape index (κ2) is 3.43. The molecule has 0 aliphatic carbocycles. The average molecular weight is 182 g/mol. The van der Waals surface area contributed by atoms with Gasteiger partial charge in [0.05, 0.1) is 0 Å². The number of likely N-dealkylation sites (tertiary alicyclic amines) is 1. The third kappa shape index (κ3) is 1.71. The Balaban J connectivity index is 1.96. The third-order valence-electron chi connectivity index (χ3n) is 2.42. The molecule has 0 amide bonds. The van der Waals surface area contributed by atoms with E-state index in [1.807, 2.05) is 7.05 Å². The maximum absolute atomic E-state index is 9.76. The van der Waals surface area contributed by atoms with Crippen molar-refractivity contribution in [3.63, 3.8) is 0 Å². The molecule has 0 spiro atoms. The highest BCUT2D eigenvalue weighted by Gasteiger charge is 2.21. The van der Waals surface area contributed by atoms with E-state index in [2.05, 4.69) is 15.1 Å². The van der Waals surface area contributed by atoms with Crippen LogP contribution in [0.2, 0.25) is 0 Å². The highest BCUT2D eigenvalue weighted by atomic mass is 16.3. The highest BCUT2D eigenvalue weighted by molar-refractivity contribution is 4.92. The van der Waals surface area contributed by atoms with Gasteiger partial charge in [-0.15, -0.1) is 10.2 Å². The molecular formula is C8H14N4O. The van der Waals surface area contributed by atoms with Gasteiger partial charge in [-0.1, -0.05) is 0 Å². The minimum Gasteiger partial charge on any atom is -0.384 e. The molecule has 1 saturated heterocycles. The van der Waals surface area contributed by atoms with Crippen LogP contribution in [0.25, 0.3) is 0 Å². The Morgan fingerprint density at radius 1 is 1.62 bits per heavy atom. The van der Waals surface area contributed by atoms with E-state index in [9.17, 15) is 5.11 Å². The van der Waals surface area contributed by atoms with Crippen molar-refractivity contribution in [2.24, 2.45) is 7.05 Å². The zero-order valence-electron chi connectivity index (χ0n) is 7.72. The van der Waals surface area contributed by atoms with E-state index >= 15 is 0 Å². The van der Waals surface area contributed by atoms with Crippen LogP contribution in [0.1, 0.15) is 18.3 Å². The number of β-amino-alcohol motifs (C(OH)–C–C–N with tert-alkyl or cyclic N) is 1. The van der Waals surface area contributed by atoms with Crippen LogP contribution in [-0.2, 0) is 7.05 Å². The van der Waals surface area contributed by atoms with Crippen LogP contribution in [0.4, 0.5) is 0 Å². The summed E-state index contributed by atoms with van der Waals surface area (Å²) in [4.78, 5) is 2.21. The number of aliphatic hydroxyl groups excluding tert-OH is 1. The van der Waals surface area contributed by atoms with Gasteiger partial charge in [0.1, 0.15) is 12.4 Å². The molecule has 72 valence electrons. The SMILES string of the molecule is Cn1cnnc1C(O)CN1CCC1. The van der Waals surface area contributed by atoms with Gasteiger partial charge in [-0.05, 0) is 19.5 Å². The Kier molecular flexibility index (Phi) is 2.28. The van der Waals surface area contributed by atoms with Gasteiger partial charge in [-0.3, -0.25) is 0 Å². The molecule has 2 rings (SSSR count). The number of hydrogen-bond acceptors (Lipinski definition) is 4. The molecule has 1 atom stereocenters. The second-order valence-electron chi connectivity index (χ2n) is 3.47. The summed E-state index contributed by atoms with van der Waals surface area (Å²) in [5, 5.41) is 17.4. The molecule has 1 unspecified atom stereocenters. The molecule has 1 aliphatic heterocycles. The lowest BCUT2D eigenvalue weighted by Gasteiger charge is -2.32. The maximum atomic E-state index is 9.76. The van der Waals surface area contributed by atoms with Crippen molar-refractivity contribution in [1.82, 2.24) is 19.7 Å². The molecule has 0 radical (unpaired) electrons. The van der Waals surface area contributed by atoms with Crippen molar-refractivity contribution in [2.75, 3.05) is 19.6 Å². The summed E-state index contributed by atoms with van der Waals surface area (Å²) in [6.07, 6.45) is 2.34. The van der Waals surface area contributed by atoms with Gasteiger partial charge in [-0.25, -0.2) is 0 Å². The predicted molar refractivity (Wildman–Crippen MR) is 47.0 cm³/mol. The fraction of sp³-hybridized carbons (Fsp3) is 0.750. The van der Waals surface area contributed by atoms with Gasteiger partial charge in [0.15, 0.2) is 5.82 Å². The zero-order chi connectivity index (χ0) is 9.26. The van der Waals surface area contributed by atoms with E-state index in [0.29, 0.717) is 12.4 Å². The molecule has 0 saturated carbocycles. The Morgan fingerprint density at radius 3 is 2.85 bits per heavy atom. The summed E-state index contributed by atoms with van der Waals surface area (Å²) < 4.78 is 1.75. The van der Waals surface area contributed by atoms with E-state index in [4.69, 9.17) is 0 Å². The minimum absolute atomic E-state index is 0.507. The molecule has 1 N–H and O–H groups in total. The van der Waals surface area contributed by atoms with E-state index in [0.717, 1.165) is 13.1 Å². The fourth-order valence-corrected chi connectivity index (χ4v) is 1.48. The standard InChI is InChI=1S/C8H14N4O/c1-11-6-9-10-8(11)7(13)5-12-3-2-4-12/h6-7,13H,2-5H2,1H3. The van der Waals surface area contributed by atoms with Gasteiger partial charge in [0, 0.05) is 13.6 Å². The first kappa shape index (κ1) is 8.65. The number of rotatable bonds is 3. The second-order valence-corrected chi connectivity index (χ2v) is 3.47. The van der Waals surface area contributed by atoms with Crippen molar-refractivity contribution in [3.05, 3.63) is 12.2 Å². The monoisotopic (exact) mass is 182 g/mol. The van der Waals surface area contributed by atoms with Crippen molar-refractivity contribution >= 4 is 0 Å². The van der Waals surface area contributed by atoms with Crippen molar-refractivity contribution in [3.8, 4) is 0 Å². The lowest BCUT2D eigenvalue weighted by molar-refractivity contribution is 0.0717. The Morgan fingerprint density at radius 2 is 2.38 bits per heavy atom. The van der Waals surface area contributed by atoms with Crippen molar-refractivity contribution in [1.29, 1.82) is 0 Å². The van der Waals surface area contributed by atoms with Crippen LogP contribution < -0.4 is 0 Å². The number of nitrogens with zero attached hydrogens (tertiary/aromatic N) is 4. The Hall–Kier alpha value is -0.940. The largest absolute Gasteiger partial charge is 0.384 e. The van der Waals surface area contributed by atoms with E-state index < -0.39 is 6.10 Å². The molecule has 2 heterocycles. The van der Waals surface area contributed by atoms with Gasteiger partial charge in [0.25, 0.3) is 0 Å². The summed E-state index contributed by atoms with van der Waals surface area (Å²) in [6.45, 7) is 2.86. The van der Waals surface area contributed by atoms with E-state index in [-0.39, 0.29) is 0 Å². The number of aryl methyl sites for hydroxylation is 1. The van der Waals surface area contributed by atoms with Crippen LogP contribution in [0.15, 0.2) is 6.33 Å². The molecule has 5 nitrogen and oxygen atoms in total. The minimum atomic E-state index is -0.507. The molecule has 0 aromatic carbocycles. The number of hydrogen-bond donors (Lipinski definition) is 1. The first-order valence-corrected chi connectivity index (χ1v) is 4.51. The van der Waals surface area contributed by atoms with Gasteiger partial charge in [-0.2, -0.15) is 0 Å². The fourth-order valence-electron chi connectivity index (χ4n) is 1.48. The van der Waals surface area contributed by atoms with Gasteiger partial charge >= 0.3 is 0 Å². The first-order valence-electron chi connectivity index (χ1n) is 4.51.